The van der Waals surface area contributed by atoms with Crippen LogP contribution in [0.15, 0.2) is 0 Å². The third kappa shape index (κ3) is 3.45. The molecule has 1 atom stereocenters. The standard InChI is InChI=1S/C14H27NO3/c1-12(2,3)13(4,5)11(16)15-8-10-9-17-14(6,7)18-10/h10H,8-9H2,1-7H3,(H,15,16). The molecular formula is C14H27NO3. The van der Waals surface area contributed by atoms with Crippen LogP contribution in [0.5, 0.6) is 0 Å². The Morgan fingerprint density at radius 3 is 2.22 bits per heavy atom. The predicted octanol–water partition coefficient (Wildman–Crippen LogP) is 2.33. The molecule has 1 rings (SSSR count). The zero-order valence-electron chi connectivity index (χ0n) is 12.7. The summed E-state index contributed by atoms with van der Waals surface area (Å²) in [6, 6.07) is 0. The van der Waals surface area contributed by atoms with Gasteiger partial charge in [-0.05, 0) is 19.3 Å². The van der Waals surface area contributed by atoms with Crippen LogP contribution >= 0.6 is 0 Å². The molecule has 1 heterocycles. The van der Waals surface area contributed by atoms with Crippen molar-refractivity contribution in [2.75, 3.05) is 13.2 Å². The highest BCUT2D eigenvalue weighted by Gasteiger charge is 2.40. The molecule has 106 valence electrons. The number of amides is 1. The first-order valence-corrected chi connectivity index (χ1v) is 6.56. The molecule has 1 aliphatic heterocycles. The minimum atomic E-state index is -0.533. The van der Waals surface area contributed by atoms with Gasteiger partial charge in [0.1, 0.15) is 6.10 Å². The zero-order valence-corrected chi connectivity index (χ0v) is 12.7. The summed E-state index contributed by atoms with van der Waals surface area (Å²) in [6.07, 6.45) is -0.0558. The number of hydrogen-bond donors (Lipinski definition) is 1. The van der Waals surface area contributed by atoms with Crippen molar-refractivity contribution in [2.45, 2.75) is 60.4 Å². The molecule has 1 aliphatic rings. The molecule has 4 heteroatoms. The first-order valence-electron chi connectivity index (χ1n) is 6.56. The second kappa shape index (κ2) is 4.82. The van der Waals surface area contributed by atoms with Crippen LogP contribution in [0, 0.1) is 10.8 Å². The lowest BCUT2D eigenvalue weighted by molar-refractivity contribution is -0.142. The van der Waals surface area contributed by atoms with Crippen LogP contribution in [-0.2, 0) is 14.3 Å². The van der Waals surface area contributed by atoms with Gasteiger partial charge < -0.3 is 14.8 Å². The van der Waals surface area contributed by atoms with Crippen LogP contribution in [0.25, 0.3) is 0 Å². The highest BCUT2D eigenvalue weighted by atomic mass is 16.7. The summed E-state index contributed by atoms with van der Waals surface area (Å²) in [5, 5.41) is 2.97. The van der Waals surface area contributed by atoms with E-state index in [1.54, 1.807) is 0 Å². The maximum atomic E-state index is 12.2. The first-order chi connectivity index (χ1) is 7.96. The van der Waals surface area contributed by atoms with Crippen LogP contribution < -0.4 is 5.32 Å². The van der Waals surface area contributed by atoms with Gasteiger partial charge in [0.25, 0.3) is 0 Å². The number of rotatable bonds is 3. The largest absolute Gasteiger partial charge is 0.353 e. The quantitative estimate of drug-likeness (QED) is 0.844. The van der Waals surface area contributed by atoms with E-state index in [-0.39, 0.29) is 17.4 Å². The lowest BCUT2D eigenvalue weighted by Crippen LogP contribution is -2.47. The fourth-order valence-electron chi connectivity index (χ4n) is 1.63. The van der Waals surface area contributed by atoms with E-state index in [2.05, 4.69) is 26.1 Å². The molecule has 1 unspecified atom stereocenters. The third-order valence-electron chi connectivity index (χ3n) is 4.00. The molecule has 0 radical (unpaired) electrons. The van der Waals surface area contributed by atoms with Crippen molar-refractivity contribution in [3.63, 3.8) is 0 Å². The summed E-state index contributed by atoms with van der Waals surface area (Å²) in [5.74, 6) is -0.474. The van der Waals surface area contributed by atoms with Crippen LogP contribution in [0.2, 0.25) is 0 Å². The summed E-state index contributed by atoms with van der Waals surface area (Å²) < 4.78 is 11.1. The zero-order chi connectivity index (χ0) is 14.2. The monoisotopic (exact) mass is 257 g/mol. The molecule has 0 saturated carbocycles. The molecule has 1 fully saturated rings. The van der Waals surface area contributed by atoms with Gasteiger partial charge in [0.2, 0.25) is 5.91 Å². The summed E-state index contributed by atoms with van der Waals surface area (Å²) in [5.41, 5.74) is -0.495. The highest BCUT2D eigenvalue weighted by molar-refractivity contribution is 5.82. The average molecular weight is 257 g/mol. The maximum absolute atomic E-state index is 12.2. The highest BCUT2D eigenvalue weighted by Crippen LogP contribution is 2.37. The number of ether oxygens (including phenoxy) is 2. The summed E-state index contributed by atoms with van der Waals surface area (Å²) in [4.78, 5) is 12.2. The molecule has 0 spiro atoms. The maximum Gasteiger partial charge on any atom is 0.226 e. The van der Waals surface area contributed by atoms with Crippen molar-refractivity contribution in [1.82, 2.24) is 5.32 Å². The van der Waals surface area contributed by atoms with Crippen molar-refractivity contribution >= 4 is 5.91 Å². The van der Waals surface area contributed by atoms with Gasteiger partial charge in [-0.25, -0.2) is 0 Å². The number of hydrogen-bond acceptors (Lipinski definition) is 3. The van der Waals surface area contributed by atoms with E-state index in [4.69, 9.17) is 9.47 Å². The lowest BCUT2D eigenvalue weighted by Gasteiger charge is -2.37. The van der Waals surface area contributed by atoms with Crippen molar-refractivity contribution in [1.29, 1.82) is 0 Å². The Labute approximate surface area is 110 Å². The van der Waals surface area contributed by atoms with Crippen LogP contribution in [-0.4, -0.2) is 30.9 Å². The minimum absolute atomic E-state index is 0.0558. The van der Waals surface area contributed by atoms with Crippen molar-refractivity contribution in [3.05, 3.63) is 0 Å². The molecule has 18 heavy (non-hydrogen) atoms. The van der Waals surface area contributed by atoms with Crippen molar-refractivity contribution < 1.29 is 14.3 Å². The Kier molecular flexibility index (Phi) is 4.13. The molecular weight excluding hydrogens is 230 g/mol. The van der Waals surface area contributed by atoms with Gasteiger partial charge in [-0.2, -0.15) is 0 Å². The van der Waals surface area contributed by atoms with Gasteiger partial charge >= 0.3 is 0 Å². The second-order valence-electron chi connectivity index (χ2n) is 7.04. The molecule has 4 nitrogen and oxygen atoms in total. The Hall–Kier alpha value is -0.610. The van der Waals surface area contributed by atoms with Gasteiger partial charge in [-0.15, -0.1) is 0 Å². The Morgan fingerprint density at radius 1 is 1.28 bits per heavy atom. The average Bonchev–Trinajstić information content (AvgIpc) is 2.52. The molecule has 0 aromatic rings. The first kappa shape index (κ1) is 15.4. The fourth-order valence-corrected chi connectivity index (χ4v) is 1.63. The van der Waals surface area contributed by atoms with Gasteiger partial charge in [-0.3, -0.25) is 4.79 Å². The molecule has 1 amide bonds. The lowest BCUT2D eigenvalue weighted by atomic mass is 9.69. The Morgan fingerprint density at radius 2 is 1.83 bits per heavy atom. The molecule has 0 aromatic carbocycles. The van der Waals surface area contributed by atoms with Crippen molar-refractivity contribution in [2.24, 2.45) is 10.8 Å². The number of nitrogens with one attached hydrogen (secondary N) is 1. The number of carbonyl (C=O) groups excluding carboxylic acids is 1. The molecule has 1 N–H and O–H groups in total. The summed E-state index contributed by atoms with van der Waals surface area (Å²) >= 11 is 0. The third-order valence-corrected chi connectivity index (χ3v) is 4.00. The second-order valence-corrected chi connectivity index (χ2v) is 7.04. The van der Waals surface area contributed by atoms with Gasteiger partial charge in [-0.1, -0.05) is 34.6 Å². The minimum Gasteiger partial charge on any atom is -0.353 e. The van der Waals surface area contributed by atoms with E-state index in [1.165, 1.54) is 0 Å². The van der Waals surface area contributed by atoms with Gasteiger partial charge in [0.05, 0.1) is 6.61 Å². The summed E-state index contributed by atoms with van der Waals surface area (Å²) in [6.45, 7) is 15.0. The molecule has 0 bridgehead atoms. The van der Waals surface area contributed by atoms with Gasteiger partial charge in [0, 0.05) is 12.0 Å². The normalized spacial score (nSPS) is 24.1. The van der Waals surface area contributed by atoms with Crippen LogP contribution in [0.3, 0.4) is 0 Å². The van der Waals surface area contributed by atoms with E-state index in [9.17, 15) is 4.79 Å². The topological polar surface area (TPSA) is 47.6 Å². The van der Waals surface area contributed by atoms with E-state index in [1.807, 2.05) is 27.7 Å². The van der Waals surface area contributed by atoms with Crippen molar-refractivity contribution in [3.8, 4) is 0 Å². The van der Waals surface area contributed by atoms with Crippen LogP contribution in [0.1, 0.15) is 48.5 Å². The molecule has 1 saturated heterocycles. The Balaban J connectivity index is 2.48. The molecule has 0 aliphatic carbocycles. The fraction of sp³-hybridized carbons (Fsp3) is 0.929. The van der Waals surface area contributed by atoms with E-state index in [0.717, 1.165) is 0 Å². The predicted molar refractivity (Wildman–Crippen MR) is 71.1 cm³/mol. The van der Waals surface area contributed by atoms with E-state index < -0.39 is 11.2 Å². The van der Waals surface area contributed by atoms with Gasteiger partial charge in [0.15, 0.2) is 5.79 Å². The summed E-state index contributed by atoms with van der Waals surface area (Å²) in [7, 11) is 0. The smallest absolute Gasteiger partial charge is 0.226 e. The van der Waals surface area contributed by atoms with E-state index >= 15 is 0 Å². The van der Waals surface area contributed by atoms with Crippen LogP contribution in [0.4, 0.5) is 0 Å². The number of carbonyl (C=O) groups is 1. The SMILES string of the molecule is CC1(C)OCC(CNC(=O)C(C)(C)C(C)(C)C)O1. The van der Waals surface area contributed by atoms with E-state index in [0.29, 0.717) is 13.2 Å². The molecule has 0 aromatic heterocycles. The Bertz CT molecular complexity index is 315.